The number of methoxy groups -OCH3 is 1. The molecule has 0 fully saturated rings. The average Bonchev–Trinajstić information content (AvgIpc) is 2.99. The lowest BCUT2D eigenvalue weighted by Crippen LogP contribution is -2.26. The van der Waals surface area contributed by atoms with Crippen LogP contribution in [0.5, 0.6) is 5.75 Å². The van der Waals surface area contributed by atoms with Crippen LogP contribution in [-0.2, 0) is 0 Å². The SMILES string of the molecule is COc1ccc([C@H](C)NC(=O)c2cn3ccccc3n2)cc1. The molecule has 0 saturated carbocycles. The lowest BCUT2D eigenvalue weighted by Gasteiger charge is -2.13. The second-order valence-electron chi connectivity index (χ2n) is 5.06. The summed E-state index contributed by atoms with van der Waals surface area (Å²) in [6.45, 7) is 1.94. The summed E-state index contributed by atoms with van der Waals surface area (Å²) in [5, 5.41) is 2.96. The van der Waals surface area contributed by atoms with Gasteiger partial charge in [-0.2, -0.15) is 0 Å². The number of carbonyl (C=O) groups excluding carboxylic acids is 1. The summed E-state index contributed by atoms with van der Waals surface area (Å²) in [5.41, 5.74) is 2.18. The molecule has 2 aromatic heterocycles. The molecule has 5 heteroatoms. The molecule has 3 rings (SSSR count). The molecule has 0 aliphatic heterocycles. The third-order valence-corrected chi connectivity index (χ3v) is 3.56. The van der Waals surface area contributed by atoms with Gasteiger partial charge < -0.3 is 14.5 Å². The molecule has 1 amide bonds. The van der Waals surface area contributed by atoms with Crippen molar-refractivity contribution in [2.24, 2.45) is 0 Å². The Bertz CT molecular complexity index is 760. The van der Waals surface area contributed by atoms with Crippen molar-refractivity contribution in [2.75, 3.05) is 7.11 Å². The van der Waals surface area contributed by atoms with Gasteiger partial charge in [-0.25, -0.2) is 4.98 Å². The molecule has 22 heavy (non-hydrogen) atoms. The van der Waals surface area contributed by atoms with Crippen LogP contribution < -0.4 is 10.1 Å². The fourth-order valence-electron chi connectivity index (χ4n) is 2.29. The molecule has 0 aliphatic carbocycles. The Balaban J connectivity index is 1.74. The maximum atomic E-state index is 12.3. The number of ether oxygens (including phenoxy) is 1. The summed E-state index contributed by atoms with van der Waals surface area (Å²) in [5.74, 6) is 0.606. The van der Waals surface area contributed by atoms with Gasteiger partial charge in [0.25, 0.3) is 5.91 Å². The standard InChI is InChI=1S/C17H17N3O2/c1-12(13-6-8-14(22-2)9-7-13)18-17(21)15-11-20-10-4-3-5-16(20)19-15/h3-12H,1-2H3,(H,18,21)/t12-/m0/s1. The topological polar surface area (TPSA) is 55.6 Å². The van der Waals surface area contributed by atoms with Crippen LogP contribution >= 0.6 is 0 Å². The van der Waals surface area contributed by atoms with Crippen LogP contribution in [0.15, 0.2) is 54.9 Å². The van der Waals surface area contributed by atoms with E-state index in [2.05, 4.69) is 10.3 Å². The number of pyridine rings is 1. The third kappa shape index (κ3) is 2.79. The minimum Gasteiger partial charge on any atom is -0.497 e. The zero-order valence-corrected chi connectivity index (χ0v) is 12.5. The Morgan fingerprint density at radius 3 is 2.68 bits per heavy atom. The van der Waals surface area contributed by atoms with Crippen molar-refractivity contribution < 1.29 is 9.53 Å². The normalized spacial score (nSPS) is 12.1. The molecule has 2 heterocycles. The Hall–Kier alpha value is -2.82. The van der Waals surface area contributed by atoms with E-state index in [4.69, 9.17) is 4.74 Å². The Morgan fingerprint density at radius 2 is 2.00 bits per heavy atom. The number of carbonyl (C=O) groups is 1. The van der Waals surface area contributed by atoms with Crippen LogP contribution in [0, 0.1) is 0 Å². The molecule has 0 unspecified atom stereocenters. The van der Waals surface area contributed by atoms with Gasteiger partial charge in [0, 0.05) is 12.4 Å². The van der Waals surface area contributed by atoms with Crippen LogP contribution in [0.4, 0.5) is 0 Å². The predicted octanol–water partition coefficient (Wildman–Crippen LogP) is 2.83. The molecule has 0 radical (unpaired) electrons. The van der Waals surface area contributed by atoms with E-state index in [-0.39, 0.29) is 11.9 Å². The highest BCUT2D eigenvalue weighted by Crippen LogP contribution is 2.17. The minimum atomic E-state index is -0.188. The molecule has 112 valence electrons. The highest BCUT2D eigenvalue weighted by molar-refractivity contribution is 5.93. The molecule has 0 spiro atoms. The van der Waals surface area contributed by atoms with E-state index < -0.39 is 0 Å². The molecule has 1 N–H and O–H groups in total. The summed E-state index contributed by atoms with van der Waals surface area (Å²) >= 11 is 0. The summed E-state index contributed by atoms with van der Waals surface area (Å²) in [4.78, 5) is 16.6. The van der Waals surface area contributed by atoms with Crippen molar-refractivity contribution >= 4 is 11.6 Å². The first-order chi connectivity index (χ1) is 10.7. The van der Waals surface area contributed by atoms with Crippen molar-refractivity contribution in [2.45, 2.75) is 13.0 Å². The van der Waals surface area contributed by atoms with Gasteiger partial charge in [0.15, 0.2) is 0 Å². The minimum absolute atomic E-state index is 0.108. The first-order valence-corrected chi connectivity index (χ1v) is 7.06. The lowest BCUT2D eigenvalue weighted by atomic mass is 10.1. The van der Waals surface area contributed by atoms with Gasteiger partial charge in [-0.05, 0) is 36.8 Å². The van der Waals surface area contributed by atoms with Gasteiger partial charge in [0.05, 0.1) is 13.2 Å². The van der Waals surface area contributed by atoms with Gasteiger partial charge in [-0.1, -0.05) is 18.2 Å². The van der Waals surface area contributed by atoms with Crippen LogP contribution in [0.1, 0.15) is 29.0 Å². The monoisotopic (exact) mass is 295 g/mol. The quantitative estimate of drug-likeness (QED) is 0.805. The number of hydrogen-bond acceptors (Lipinski definition) is 3. The van der Waals surface area contributed by atoms with Gasteiger partial charge in [-0.15, -0.1) is 0 Å². The number of aromatic nitrogens is 2. The summed E-state index contributed by atoms with van der Waals surface area (Å²) in [7, 11) is 1.63. The fourth-order valence-corrected chi connectivity index (χ4v) is 2.29. The highest BCUT2D eigenvalue weighted by Gasteiger charge is 2.14. The number of nitrogens with one attached hydrogen (secondary N) is 1. The van der Waals surface area contributed by atoms with E-state index in [1.807, 2.05) is 60.0 Å². The van der Waals surface area contributed by atoms with E-state index >= 15 is 0 Å². The smallest absolute Gasteiger partial charge is 0.271 e. The zero-order valence-electron chi connectivity index (χ0n) is 12.5. The van der Waals surface area contributed by atoms with Gasteiger partial charge in [0.1, 0.15) is 17.1 Å². The maximum Gasteiger partial charge on any atom is 0.271 e. The van der Waals surface area contributed by atoms with E-state index in [0.29, 0.717) is 5.69 Å². The fraction of sp³-hybridized carbons (Fsp3) is 0.176. The second kappa shape index (κ2) is 5.89. The number of nitrogens with zero attached hydrogens (tertiary/aromatic N) is 2. The van der Waals surface area contributed by atoms with E-state index in [1.165, 1.54) is 0 Å². The van der Waals surface area contributed by atoms with Crippen LogP contribution in [-0.4, -0.2) is 22.4 Å². The number of amides is 1. The molecular formula is C17H17N3O2. The zero-order chi connectivity index (χ0) is 15.5. The van der Waals surface area contributed by atoms with E-state index in [1.54, 1.807) is 13.3 Å². The summed E-state index contributed by atoms with van der Waals surface area (Å²) < 4.78 is 6.96. The predicted molar refractivity (Wildman–Crippen MR) is 84.1 cm³/mol. The number of hydrogen-bond donors (Lipinski definition) is 1. The molecule has 1 atom stereocenters. The lowest BCUT2D eigenvalue weighted by molar-refractivity contribution is 0.0935. The summed E-state index contributed by atoms with van der Waals surface area (Å²) in [6, 6.07) is 13.2. The van der Waals surface area contributed by atoms with Crippen LogP contribution in [0.25, 0.3) is 5.65 Å². The molecule has 1 aromatic carbocycles. The van der Waals surface area contributed by atoms with Gasteiger partial charge in [0.2, 0.25) is 0 Å². The molecule has 5 nitrogen and oxygen atoms in total. The van der Waals surface area contributed by atoms with Gasteiger partial charge in [-0.3, -0.25) is 4.79 Å². The first kappa shape index (κ1) is 14.1. The maximum absolute atomic E-state index is 12.3. The van der Waals surface area contributed by atoms with E-state index in [0.717, 1.165) is 17.0 Å². The number of fused-ring (bicyclic) bond motifs is 1. The number of imidazole rings is 1. The van der Waals surface area contributed by atoms with Crippen molar-refractivity contribution in [1.82, 2.24) is 14.7 Å². The number of rotatable bonds is 4. The van der Waals surface area contributed by atoms with Crippen molar-refractivity contribution in [3.8, 4) is 5.75 Å². The first-order valence-electron chi connectivity index (χ1n) is 7.06. The Kier molecular flexibility index (Phi) is 3.78. The molecule has 3 aromatic rings. The molecule has 0 bridgehead atoms. The van der Waals surface area contributed by atoms with Crippen LogP contribution in [0.3, 0.4) is 0 Å². The highest BCUT2D eigenvalue weighted by atomic mass is 16.5. The van der Waals surface area contributed by atoms with E-state index in [9.17, 15) is 4.79 Å². The van der Waals surface area contributed by atoms with Crippen molar-refractivity contribution in [3.05, 3.63) is 66.1 Å². The van der Waals surface area contributed by atoms with Crippen LogP contribution in [0.2, 0.25) is 0 Å². The van der Waals surface area contributed by atoms with Crippen molar-refractivity contribution in [3.63, 3.8) is 0 Å². The molecular weight excluding hydrogens is 278 g/mol. The Morgan fingerprint density at radius 1 is 1.23 bits per heavy atom. The molecule has 0 saturated heterocycles. The van der Waals surface area contributed by atoms with Gasteiger partial charge >= 0.3 is 0 Å². The third-order valence-electron chi connectivity index (χ3n) is 3.56. The van der Waals surface area contributed by atoms with Crippen molar-refractivity contribution in [1.29, 1.82) is 0 Å². The Labute approximate surface area is 128 Å². The summed E-state index contributed by atoms with van der Waals surface area (Å²) in [6.07, 6.45) is 3.59. The molecule has 0 aliphatic rings. The average molecular weight is 295 g/mol. The second-order valence-corrected chi connectivity index (χ2v) is 5.06. The largest absolute Gasteiger partial charge is 0.497 e. The number of benzene rings is 1.